The molecule has 1 fully saturated rings. The molecule has 1 aromatic rings. The van der Waals surface area contributed by atoms with Crippen molar-refractivity contribution in [2.75, 3.05) is 7.11 Å². The second-order valence-electron chi connectivity index (χ2n) is 5.07. The number of nitrogens with two attached hydrogens (primary N) is 1. The first-order chi connectivity index (χ1) is 7.42. The molecule has 2 N–H and O–H groups in total. The molecule has 1 unspecified atom stereocenters. The molecule has 0 bridgehead atoms. The average molecular weight is 219 g/mol. The van der Waals surface area contributed by atoms with Crippen LogP contribution in [-0.2, 0) is 10.3 Å². The van der Waals surface area contributed by atoms with Crippen molar-refractivity contribution in [3.63, 3.8) is 0 Å². The van der Waals surface area contributed by atoms with E-state index in [1.165, 1.54) is 7.11 Å². The van der Waals surface area contributed by atoms with Gasteiger partial charge >= 0.3 is 5.97 Å². The normalized spacial score (nSPS) is 26.2. The Morgan fingerprint density at radius 2 is 1.94 bits per heavy atom. The summed E-state index contributed by atoms with van der Waals surface area (Å²) in [6.45, 7) is 4.22. The summed E-state index contributed by atoms with van der Waals surface area (Å²) < 4.78 is 4.77. The van der Waals surface area contributed by atoms with Gasteiger partial charge in [-0.1, -0.05) is 32.0 Å². The van der Waals surface area contributed by atoms with E-state index < -0.39 is 5.54 Å². The van der Waals surface area contributed by atoms with Crippen molar-refractivity contribution >= 4 is 5.97 Å². The van der Waals surface area contributed by atoms with E-state index in [1.807, 2.05) is 18.2 Å². The molecule has 16 heavy (non-hydrogen) atoms. The fourth-order valence-corrected chi connectivity index (χ4v) is 2.27. The van der Waals surface area contributed by atoms with Crippen LogP contribution >= 0.6 is 0 Å². The molecule has 86 valence electrons. The topological polar surface area (TPSA) is 52.3 Å². The van der Waals surface area contributed by atoms with Gasteiger partial charge in [-0.15, -0.1) is 0 Å². The Morgan fingerprint density at radius 3 is 2.44 bits per heavy atom. The van der Waals surface area contributed by atoms with E-state index in [-0.39, 0.29) is 11.4 Å². The smallest absolute Gasteiger partial charge is 0.338 e. The van der Waals surface area contributed by atoms with Crippen molar-refractivity contribution in [1.29, 1.82) is 0 Å². The van der Waals surface area contributed by atoms with Crippen molar-refractivity contribution in [2.45, 2.75) is 25.8 Å². The minimum atomic E-state index is -0.391. The zero-order valence-corrected chi connectivity index (χ0v) is 9.91. The van der Waals surface area contributed by atoms with Gasteiger partial charge in [0.05, 0.1) is 12.7 Å². The van der Waals surface area contributed by atoms with E-state index in [0.717, 1.165) is 12.0 Å². The number of ether oxygens (including phenoxy) is 1. The molecule has 1 aliphatic carbocycles. The van der Waals surface area contributed by atoms with Gasteiger partial charge in [-0.3, -0.25) is 0 Å². The highest BCUT2D eigenvalue weighted by Crippen LogP contribution is 2.60. The van der Waals surface area contributed by atoms with Crippen LogP contribution in [0.2, 0.25) is 0 Å². The van der Waals surface area contributed by atoms with Crippen LogP contribution < -0.4 is 5.73 Å². The average Bonchev–Trinajstić information content (AvgIpc) is 2.78. The van der Waals surface area contributed by atoms with E-state index >= 15 is 0 Å². The summed E-state index contributed by atoms with van der Waals surface area (Å²) in [7, 11) is 1.39. The molecule has 1 aliphatic rings. The first-order valence-electron chi connectivity index (χ1n) is 5.39. The zero-order valence-electron chi connectivity index (χ0n) is 9.91. The molecular formula is C13H17NO2. The lowest BCUT2D eigenvalue weighted by Crippen LogP contribution is -2.28. The van der Waals surface area contributed by atoms with E-state index in [4.69, 9.17) is 10.5 Å². The maximum atomic E-state index is 11.6. The number of benzene rings is 1. The Balaban J connectivity index is 2.47. The number of esters is 1. The summed E-state index contributed by atoms with van der Waals surface area (Å²) >= 11 is 0. The monoisotopic (exact) mass is 219 g/mol. The maximum absolute atomic E-state index is 11.6. The number of hydrogen-bond acceptors (Lipinski definition) is 3. The van der Waals surface area contributed by atoms with E-state index in [9.17, 15) is 4.79 Å². The molecule has 0 amide bonds. The van der Waals surface area contributed by atoms with Crippen LogP contribution in [0.1, 0.15) is 36.2 Å². The van der Waals surface area contributed by atoms with Gasteiger partial charge < -0.3 is 10.5 Å². The summed E-state index contributed by atoms with van der Waals surface area (Å²) in [5.74, 6) is -0.317. The summed E-state index contributed by atoms with van der Waals surface area (Å²) in [5, 5.41) is 0. The standard InChI is InChI=1S/C13H17NO2/c1-12(2)8-13(12,14)10-7-5-4-6-9(10)11(15)16-3/h4-7H,8,14H2,1-3H3. The van der Waals surface area contributed by atoms with Gasteiger partial charge in [0.2, 0.25) is 0 Å². The summed E-state index contributed by atoms with van der Waals surface area (Å²) in [4.78, 5) is 11.6. The molecule has 0 aliphatic heterocycles. The first kappa shape index (κ1) is 11.1. The molecule has 1 aromatic carbocycles. The third-order valence-electron chi connectivity index (χ3n) is 3.62. The van der Waals surface area contributed by atoms with Gasteiger partial charge in [0.25, 0.3) is 0 Å². The highest BCUT2D eigenvalue weighted by Gasteiger charge is 2.60. The Bertz CT molecular complexity index is 439. The van der Waals surface area contributed by atoms with E-state index in [2.05, 4.69) is 13.8 Å². The SMILES string of the molecule is COC(=O)c1ccccc1C1(N)CC1(C)C. The Morgan fingerprint density at radius 1 is 1.38 bits per heavy atom. The van der Waals surface area contributed by atoms with Crippen LogP contribution in [0.3, 0.4) is 0 Å². The fourth-order valence-electron chi connectivity index (χ4n) is 2.27. The summed E-state index contributed by atoms with van der Waals surface area (Å²) in [6.07, 6.45) is 0.897. The van der Waals surface area contributed by atoms with Crippen LogP contribution in [0.4, 0.5) is 0 Å². The number of methoxy groups -OCH3 is 1. The Kier molecular flexibility index (Phi) is 2.31. The quantitative estimate of drug-likeness (QED) is 0.774. The highest BCUT2D eigenvalue weighted by atomic mass is 16.5. The molecule has 0 aromatic heterocycles. The van der Waals surface area contributed by atoms with Gasteiger partial charge in [0.1, 0.15) is 0 Å². The lowest BCUT2D eigenvalue weighted by molar-refractivity contribution is 0.0598. The molecule has 0 heterocycles. The van der Waals surface area contributed by atoms with E-state index in [0.29, 0.717) is 5.56 Å². The molecule has 2 rings (SSSR count). The van der Waals surface area contributed by atoms with E-state index in [1.54, 1.807) is 6.07 Å². The molecule has 1 atom stereocenters. The van der Waals surface area contributed by atoms with Crippen LogP contribution in [0.15, 0.2) is 24.3 Å². The molecule has 3 nitrogen and oxygen atoms in total. The number of carbonyl (C=O) groups is 1. The second kappa shape index (κ2) is 3.32. The van der Waals surface area contributed by atoms with Gasteiger partial charge in [-0.05, 0) is 23.5 Å². The first-order valence-corrected chi connectivity index (χ1v) is 5.39. The Labute approximate surface area is 95.6 Å². The summed E-state index contributed by atoms with van der Waals surface area (Å²) in [5.41, 5.74) is 7.47. The fraction of sp³-hybridized carbons (Fsp3) is 0.462. The molecule has 3 heteroatoms. The second-order valence-corrected chi connectivity index (χ2v) is 5.07. The van der Waals surface area contributed by atoms with Crippen LogP contribution in [-0.4, -0.2) is 13.1 Å². The van der Waals surface area contributed by atoms with Crippen molar-refractivity contribution < 1.29 is 9.53 Å². The van der Waals surface area contributed by atoms with Crippen molar-refractivity contribution in [2.24, 2.45) is 11.1 Å². The molecule has 0 spiro atoms. The van der Waals surface area contributed by atoms with Crippen LogP contribution in [0.5, 0.6) is 0 Å². The molecular weight excluding hydrogens is 202 g/mol. The van der Waals surface area contributed by atoms with Gasteiger partial charge in [0, 0.05) is 5.54 Å². The zero-order chi connectivity index (χ0) is 12.0. The van der Waals surface area contributed by atoms with Gasteiger partial charge in [-0.2, -0.15) is 0 Å². The number of hydrogen-bond donors (Lipinski definition) is 1. The minimum absolute atomic E-state index is 0.0527. The lowest BCUT2D eigenvalue weighted by Gasteiger charge is -2.18. The Hall–Kier alpha value is -1.35. The predicted octanol–water partition coefficient (Wildman–Crippen LogP) is 2.06. The minimum Gasteiger partial charge on any atom is -0.465 e. The third kappa shape index (κ3) is 1.43. The lowest BCUT2D eigenvalue weighted by atomic mass is 9.93. The molecule has 0 saturated heterocycles. The van der Waals surface area contributed by atoms with Crippen molar-refractivity contribution in [3.05, 3.63) is 35.4 Å². The summed E-state index contributed by atoms with van der Waals surface area (Å²) in [6, 6.07) is 7.42. The number of rotatable bonds is 2. The third-order valence-corrected chi connectivity index (χ3v) is 3.62. The highest BCUT2D eigenvalue weighted by molar-refractivity contribution is 5.91. The van der Waals surface area contributed by atoms with Crippen molar-refractivity contribution in [3.8, 4) is 0 Å². The largest absolute Gasteiger partial charge is 0.465 e. The number of carbonyl (C=O) groups excluding carboxylic acids is 1. The molecule has 1 saturated carbocycles. The van der Waals surface area contributed by atoms with Gasteiger partial charge in [-0.25, -0.2) is 4.79 Å². The van der Waals surface area contributed by atoms with Gasteiger partial charge in [0.15, 0.2) is 0 Å². The van der Waals surface area contributed by atoms with Crippen LogP contribution in [0.25, 0.3) is 0 Å². The maximum Gasteiger partial charge on any atom is 0.338 e. The van der Waals surface area contributed by atoms with Crippen molar-refractivity contribution in [1.82, 2.24) is 0 Å². The predicted molar refractivity (Wildman–Crippen MR) is 62.0 cm³/mol. The van der Waals surface area contributed by atoms with Crippen LogP contribution in [0, 0.1) is 5.41 Å². The molecule has 0 radical (unpaired) electrons.